The highest BCUT2D eigenvalue weighted by atomic mass is 35.5. The van der Waals surface area contributed by atoms with E-state index in [2.05, 4.69) is 11.8 Å². The first kappa shape index (κ1) is 13.6. The van der Waals surface area contributed by atoms with Crippen LogP contribution in [0.3, 0.4) is 0 Å². The predicted molar refractivity (Wildman–Crippen MR) is 72.8 cm³/mol. The lowest BCUT2D eigenvalue weighted by atomic mass is 9.94. The molecule has 0 bridgehead atoms. The number of benzene rings is 1. The monoisotopic (exact) mass is 271 g/mol. The fourth-order valence-corrected chi connectivity index (χ4v) is 2.82. The zero-order valence-corrected chi connectivity index (χ0v) is 11.6. The number of rotatable bonds is 3. The number of nitrogens with zero attached hydrogens (tertiary/aromatic N) is 1. The molecule has 0 amide bonds. The first-order valence-corrected chi connectivity index (χ1v) is 6.76. The van der Waals surface area contributed by atoms with Crippen LogP contribution >= 0.6 is 11.6 Å². The molecule has 1 fully saturated rings. The lowest BCUT2D eigenvalue weighted by Crippen LogP contribution is -2.47. The van der Waals surface area contributed by atoms with Gasteiger partial charge in [0.2, 0.25) is 0 Å². The molecular formula is C14H19ClFNO. The van der Waals surface area contributed by atoms with Gasteiger partial charge in [-0.15, -0.1) is 11.6 Å². The molecule has 0 aromatic heterocycles. The Balaban J connectivity index is 2.29. The lowest BCUT2D eigenvalue weighted by Gasteiger charge is -2.41. The molecule has 4 heteroatoms. The highest BCUT2D eigenvalue weighted by molar-refractivity contribution is 6.17. The first-order valence-electron chi connectivity index (χ1n) is 6.23. The summed E-state index contributed by atoms with van der Waals surface area (Å²) in [5.74, 6) is -0.0328. The molecule has 1 aromatic rings. The van der Waals surface area contributed by atoms with Crippen LogP contribution in [0.5, 0.6) is 0 Å². The average Bonchev–Trinajstić information content (AvgIpc) is 2.38. The van der Waals surface area contributed by atoms with Crippen LogP contribution in [0.2, 0.25) is 0 Å². The van der Waals surface area contributed by atoms with Gasteiger partial charge in [-0.05, 0) is 31.9 Å². The molecule has 2 rings (SSSR count). The molecule has 1 aliphatic heterocycles. The van der Waals surface area contributed by atoms with Crippen molar-refractivity contribution in [1.29, 1.82) is 0 Å². The number of hydrogen-bond donors (Lipinski definition) is 0. The van der Waals surface area contributed by atoms with E-state index in [-0.39, 0.29) is 17.3 Å². The average molecular weight is 272 g/mol. The van der Waals surface area contributed by atoms with Gasteiger partial charge in [-0.1, -0.05) is 6.07 Å². The van der Waals surface area contributed by atoms with Gasteiger partial charge in [-0.3, -0.25) is 0 Å². The van der Waals surface area contributed by atoms with E-state index < -0.39 is 0 Å². The molecule has 100 valence electrons. The summed E-state index contributed by atoms with van der Waals surface area (Å²) < 4.78 is 19.3. The Morgan fingerprint density at radius 2 is 2.28 bits per heavy atom. The minimum atomic E-state index is -0.229. The molecule has 0 aliphatic carbocycles. The highest BCUT2D eigenvalue weighted by Gasteiger charge is 2.31. The quantitative estimate of drug-likeness (QED) is 0.780. The van der Waals surface area contributed by atoms with Crippen molar-refractivity contribution in [3.8, 4) is 0 Å². The number of piperidine rings is 1. The Hall–Kier alpha value is -0.800. The van der Waals surface area contributed by atoms with Crippen molar-refractivity contribution >= 4 is 17.3 Å². The minimum Gasteiger partial charge on any atom is -0.377 e. The van der Waals surface area contributed by atoms with Crippen LogP contribution in [-0.4, -0.2) is 25.8 Å². The Morgan fingerprint density at radius 1 is 1.50 bits per heavy atom. The smallest absolute Gasteiger partial charge is 0.129 e. The summed E-state index contributed by atoms with van der Waals surface area (Å²) in [7, 11) is 1.73. The molecule has 18 heavy (non-hydrogen) atoms. The van der Waals surface area contributed by atoms with Crippen LogP contribution in [0.4, 0.5) is 10.1 Å². The zero-order chi connectivity index (χ0) is 13.2. The number of halogens is 2. The van der Waals surface area contributed by atoms with Crippen molar-refractivity contribution in [3.05, 3.63) is 29.6 Å². The van der Waals surface area contributed by atoms with Gasteiger partial charge < -0.3 is 9.64 Å². The third kappa shape index (κ3) is 2.62. The van der Waals surface area contributed by atoms with Crippen molar-refractivity contribution in [2.24, 2.45) is 0 Å². The number of methoxy groups -OCH3 is 1. The minimum absolute atomic E-state index is 0.159. The van der Waals surface area contributed by atoms with Crippen LogP contribution in [-0.2, 0) is 10.6 Å². The zero-order valence-electron chi connectivity index (χ0n) is 10.9. The summed E-state index contributed by atoms with van der Waals surface area (Å²) in [5.41, 5.74) is 1.32. The molecule has 1 unspecified atom stereocenters. The molecule has 1 aromatic carbocycles. The summed E-state index contributed by atoms with van der Waals surface area (Å²) in [6.07, 6.45) is 2.08. The van der Waals surface area contributed by atoms with Gasteiger partial charge in [0.1, 0.15) is 5.82 Å². The Kier molecular flexibility index (Phi) is 4.13. The van der Waals surface area contributed by atoms with Crippen LogP contribution < -0.4 is 4.90 Å². The van der Waals surface area contributed by atoms with Crippen molar-refractivity contribution in [2.75, 3.05) is 25.1 Å². The molecule has 0 spiro atoms. The molecule has 1 aliphatic rings. The van der Waals surface area contributed by atoms with Gasteiger partial charge in [0, 0.05) is 31.5 Å². The highest BCUT2D eigenvalue weighted by Crippen LogP contribution is 2.31. The fraction of sp³-hybridized carbons (Fsp3) is 0.571. The number of alkyl halides is 1. The molecule has 1 atom stereocenters. The first-order chi connectivity index (χ1) is 8.59. The van der Waals surface area contributed by atoms with Gasteiger partial charge in [-0.2, -0.15) is 0 Å². The van der Waals surface area contributed by atoms with Crippen molar-refractivity contribution in [1.82, 2.24) is 0 Å². The fourth-order valence-electron chi connectivity index (χ4n) is 2.55. The van der Waals surface area contributed by atoms with E-state index in [4.69, 9.17) is 16.3 Å². The van der Waals surface area contributed by atoms with E-state index in [1.54, 1.807) is 13.2 Å². The van der Waals surface area contributed by atoms with E-state index in [1.807, 2.05) is 6.07 Å². The summed E-state index contributed by atoms with van der Waals surface area (Å²) >= 11 is 5.86. The van der Waals surface area contributed by atoms with E-state index >= 15 is 0 Å². The van der Waals surface area contributed by atoms with Crippen LogP contribution in [0.15, 0.2) is 18.2 Å². The van der Waals surface area contributed by atoms with E-state index in [1.165, 1.54) is 6.07 Å². The van der Waals surface area contributed by atoms with Crippen molar-refractivity contribution < 1.29 is 9.13 Å². The van der Waals surface area contributed by atoms with Gasteiger partial charge in [0.05, 0.1) is 11.5 Å². The molecule has 2 nitrogen and oxygen atoms in total. The number of ether oxygens (including phenoxy) is 1. The Bertz CT molecular complexity index is 426. The van der Waals surface area contributed by atoms with Gasteiger partial charge in [0.25, 0.3) is 0 Å². The van der Waals surface area contributed by atoms with Gasteiger partial charge >= 0.3 is 0 Å². The lowest BCUT2D eigenvalue weighted by molar-refractivity contribution is -0.00468. The molecule has 1 saturated heterocycles. The maximum Gasteiger partial charge on any atom is 0.129 e. The SMILES string of the molecule is COC1(C)CCCN(c2cccc(F)c2CCl)C1. The van der Waals surface area contributed by atoms with E-state index in [0.29, 0.717) is 5.56 Å². The maximum absolute atomic E-state index is 13.7. The Morgan fingerprint density at radius 3 is 2.94 bits per heavy atom. The summed E-state index contributed by atoms with van der Waals surface area (Å²) in [6.45, 7) is 3.79. The molecule has 0 N–H and O–H groups in total. The molecule has 0 saturated carbocycles. The second-order valence-corrected chi connectivity index (χ2v) is 5.32. The third-order valence-corrected chi connectivity index (χ3v) is 3.99. The van der Waals surface area contributed by atoms with Crippen LogP contribution in [0.1, 0.15) is 25.3 Å². The topological polar surface area (TPSA) is 12.5 Å². The Labute approximate surface area is 113 Å². The normalized spacial score (nSPS) is 24.3. The molecular weight excluding hydrogens is 253 g/mol. The van der Waals surface area contributed by atoms with E-state index in [9.17, 15) is 4.39 Å². The third-order valence-electron chi connectivity index (χ3n) is 3.72. The molecule has 0 radical (unpaired) electrons. The largest absolute Gasteiger partial charge is 0.377 e. The number of anilines is 1. The summed E-state index contributed by atoms with van der Waals surface area (Å²) in [4.78, 5) is 2.17. The second-order valence-electron chi connectivity index (χ2n) is 5.05. The van der Waals surface area contributed by atoms with Gasteiger partial charge in [-0.25, -0.2) is 4.39 Å². The van der Waals surface area contributed by atoms with Crippen LogP contribution in [0.25, 0.3) is 0 Å². The standard InChI is InChI=1S/C14H19ClFNO/c1-14(18-2)7-4-8-17(10-14)13-6-3-5-12(16)11(13)9-15/h3,5-6H,4,7-10H2,1-2H3. The molecule has 1 heterocycles. The van der Waals surface area contributed by atoms with Crippen molar-refractivity contribution in [2.45, 2.75) is 31.2 Å². The van der Waals surface area contributed by atoms with Crippen molar-refractivity contribution in [3.63, 3.8) is 0 Å². The van der Waals surface area contributed by atoms with E-state index in [0.717, 1.165) is 31.6 Å². The predicted octanol–water partition coefficient (Wildman–Crippen LogP) is 3.57. The number of hydrogen-bond acceptors (Lipinski definition) is 2. The van der Waals surface area contributed by atoms with Gasteiger partial charge in [0.15, 0.2) is 0 Å². The second kappa shape index (κ2) is 5.45. The maximum atomic E-state index is 13.7. The summed E-state index contributed by atoms with van der Waals surface area (Å²) in [5, 5.41) is 0. The summed E-state index contributed by atoms with van der Waals surface area (Å²) in [6, 6.07) is 5.13. The van der Waals surface area contributed by atoms with Crippen LogP contribution in [0, 0.1) is 5.82 Å².